The molecule has 0 aliphatic heterocycles. The molecule has 1 heterocycles. The van der Waals surface area contributed by atoms with Crippen LogP contribution in [0.3, 0.4) is 0 Å². The van der Waals surface area contributed by atoms with Crippen molar-refractivity contribution in [1.82, 2.24) is 9.78 Å². The second kappa shape index (κ2) is 6.01. The third kappa shape index (κ3) is 3.23. The van der Waals surface area contributed by atoms with E-state index in [0.717, 1.165) is 5.56 Å². The van der Waals surface area contributed by atoms with Crippen molar-refractivity contribution >= 4 is 17.6 Å². The van der Waals surface area contributed by atoms with Gasteiger partial charge in [-0.1, -0.05) is 18.2 Å². The molecular weight excluding hydrogens is 258 g/mol. The van der Waals surface area contributed by atoms with Crippen molar-refractivity contribution in [3.8, 4) is 0 Å². The van der Waals surface area contributed by atoms with E-state index in [1.165, 1.54) is 4.68 Å². The normalized spacial score (nSPS) is 10.2. The number of hydrogen-bond donors (Lipinski definition) is 2. The van der Waals surface area contributed by atoms with Crippen LogP contribution in [0.15, 0.2) is 36.5 Å². The highest BCUT2D eigenvalue weighted by Crippen LogP contribution is 2.17. The molecule has 0 unspecified atom stereocenters. The van der Waals surface area contributed by atoms with E-state index in [9.17, 15) is 9.59 Å². The Morgan fingerprint density at radius 1 is 1.30 bits per heavy atom. The predicted octanol–water partition coefficient (Wildman–Crippen LogP) is 1.69. The van der Waals surface area contributed by atoms with Gasteiger partial charge in [0, 0.05) is 25.4 Å². The van der Waals surface area contributed by atoms with Crippen LogP contribution in [-0.4, -0.2) is 26.8 Å². The zero-order chi connectivity index (χ0) is 14.5. The van der Waals surface area contributed by atoms with Crippen molar-refractivity contribution in [2.45, 2.75) is 12.8 Å². The summed E-state index contributed by atoms with van der Waals surface area (Å²) in [6.07, 6.45) is 1.95. The number of aryl methyl sites for hydroxylation is 2. The van der Waals surface area contributed by atoms with Crippen LogP contribution in [0.4, 0.5) is 5.69 Å². The van der Waals surface area contributed by atoms with Gasteiger partial charge in [0.2, 0.25) is 0 Å². The van der Waals surface area contributed by atoms with Crippen molar-refractivity contribution in [3.05, 3.63) is 47.8 Å². The van der Waals surface area contributed by atoms with Gasteiger partial charge in [0.1, 0.15) is 5.69 Å². The lowest BCUT2D eigenvalue weighted by atomic mass is 10.1. The minimum atomic E-state index is -0.863. The molecule has 0 atom stereocenters. The van der Waals surface area contributed by atoms with Gasteiger partial charge in [-0.3, -0.25) is 14.3 Å². The quantitative estimate of drug-likeness (QED) is 0.868. The number of nitrogens with zero attached hydrogens (tertiary/aromatic N) is 2. The fourth-order valence-electron chi connectivity index (χ4n) is 1.88. The molecule has 6 nitrogen and oxygen atoms in total. The van der Waals surface area contributed by atoms with Crippen LogP contribution in [0.2, 0.25) is 0 Å². The standard InChI is InChI=1S/C14H15N3O3/c1-17-12(8-9-15-17)14(20)16-11-5-3-2-4-10(11)6-7-13(18)19/h2-5,8-9H,6-7H2,1H3,(H,16,20)(H,18,19). The Morgan fingerprint density at radius 3 is 2.70 bits per heavy atom. The van der Waals surface area contributed by atoms with Gasteiger partial charge < -0.3 is 10.4 Å². The minimum absolute atomic E-state index is 0.0264. The molecule has 20 heavy (non-hydrogen) atoms. The largest absolute Gasteiger partial charge is 0.481 e. The summed E-state index contributed by atoms with van der Waals surface area (Å²) in [7, 11) is 1.69. The summed E-state index contributed by atoms with van der Waals surface area (Å²) in [6, 6.07) is 8.79. The van der Waals surface area contributed by atoms with Gasteiger partial charge in [0.25, 0.3) is 5.91 Å². The van der Waals surface area contributed by atoms with E-state index in [0.29, 0.717) is 17.8 Å². The van der Waals surface area contributed by atoms with E-state index in [1.54, 1.807) is 31.4 Å². The number of aromatic nitrogens is 2. The molecule has 0 fully saturated rings. The molecule has 6 heteroatoms. The molecule has 1 aromatic heterocycles. The summed E-state index contributed by atoms with van der Waals surface area (Å²) in [4.78, 5) is 22.7. The number of nitrogens with one attached hydrogen (secondary N) is 1. The maximum atomic E-state index is 12.1. The number of aliphatic carboxylic acids is 1. The van der Waals surface area contributed by atoms with Crippen molar-refractivity contribution in [2.75, 3.05) is 5.32 Å². The SMILES string of the molecule is Cn1nccc1C(=O)Nc1ccccc1CCC(=O)O. The van der Waals surface area contributed by atoms with Crippen LogP contribution in [0, 0.1) is 0 Å². The van der Waals surface area contributed by atoms with Crippen LogP contribution in [-0.2, 0) is 18.3 Å². The zero-order valence-corrected chi connectivity index (χ0v) is 11.0. The van der Waals surface area contributed by atoms with Crippen molar-refractivity contribution in [1.29, 1.82) is 0 Å². The molecule has 104 valence electrons. The number of rotatable bonds is 5. The van der Waals surface area contributed by atoms with Gasteiger partial charge >= 0.3 is 5.97 Å². The zero-order valence-electron chi connectivity index (χ0n) is 11.0. The predicted molar refractivity (Wildman–Crippen MR) is 73.6 cm³/mol. The summed E-state index contributed by atoms with van der Waals surface area (Å²) >= 11 is 0. The molecule has 1 aromatic carbocycles. The number of carboxylic acids is 1. The van der Waals surface area contributed by atoms with Crippen LogP contribution in [0.5, 0.6) is 0 Å². The maximum absolute atomic E-state index is 12.1. The monoisotopic (exact) mass is 273 g/mol. The molecule has 0 radical (unpaired) electrons. The number of carbonyl (C=O) groups excluding carboxylic acids is 1. The molecule has 0 saturated carbocycles. The number of benzene rings is 1. The summed E-state index contributed by atoms with van der Waals surface area (Å²) in [6.45, 7) is 0. The minimum Gasteiger partial charge on any atom is -0.481 e. The topological polar surface area (TPSA) is 84.2 Å². The summed E-state index contributed by atoms with van der Waals surface area (Å²) in [5, 5.41) is 15.5. The molecule has 2 aromatic rings. The Morgan fingerprint density at radius 2 is 2.05 bits per heavy atom. The highest BCUT2D eigenvalue weighted by Gasteiger charge is 2.12. The Bertz CT molecular complexity index is 634. The van der Waals surface area contributed by atoms with E-state index in [1.807, 2.05) is 12.1 Å². The highest BCUT2D eigenvalue weighted by atomic mass is 16.4. The second-order valence-electron chi connectivity index (χ2n) is 4.35. The Labute approximate surface area is 116 Å². The van der Waals surface area contributed by atoms with Crippen LogP contribution in [0.1, 0.15) is 22.5 Å². The molecule has 0 aliphatic rings. The lowest BCUT2D eigenvalue weighted by Gasteiger charge is -2.10. The molecule has 0 spiro atoms. The van der Waals surface area contributed by atoms with E-state index in [-0.39, 0.29) is 12.3 Å². The molecule has 0 aliphatic carbocycles. The molecule has 0 saturated heterocycles. The first-order valence-corrected chi connectivity index (χ1v) is 6.17. The van der Waals surface area contributed by atoms with Crippen LogP contribution < -0.4 is 5.32 Å². The number of anilines is 1. The summed E-state index contributed by atoms with van der Waals surface area (Å²) in [5.41, 5.74) is 1.86. The number of amides is 1. The maximum Gasteiger partial charge on any atom is 0.303 e. The van der Waals surface area contributed by atoms with E-state index in [4.69, 9.17) is 5.11 Å². The molecular formula is C14H15N3O3. The molecule has 2 rings (SSSR count). The smallest absolute Gasteiger partial charge is 0.303 e. The number of hydrogen-bond acceptors (Lipinski definition) is 3. The first kappa shape index (κ1) is 13.8. The van der Waals surface area contributed by atoms with Gasteiger partial charge in [-0.05, 0) is 24.1 Å². The van der Waals surface area contributed by atoms with Crippen LogP contribution >= 0.6 is 0 Å². The van der Waals surface area contributed by atoms with Gasteiger partial charge in [-0.25, -0.2) is 0 Å². The average molecular weight is 273 g/mol. The fraction of sp³-hybridized carbons (Fsp3) is 0.214. The van der Waals surface area contributed by atoms with Gasteiger partial charge in [-0.2, -0.15) is 5.10 Å². The molecule has 0 bridgehead atoms. The van der Waals surface area contributed by atoms with E-state index >= 15 is 0 Å². The molecule has 1 amide bonds. The van der Waals surface area contributed by atoms with Crippen molar-refractivity contribution in [3.63, 3.8) is 0 Å². The third-order valence-electron chi connectivity index (χ3n) is 2.93. The van der Waals surface area contributed by atoms with Crippen molar-refractivity contribution < 1.29 is 14.7 Å². The van der Waals surface area contributed by atoms with Gasteiger partial charge in [0.15, 0.2) is 0 Å². The Balaban J connectivity index is 2.15. The average Bonchev–Trinajstić information content (AvgIpc) is 2.84. The first-order valence-electron chi connectivity index (χ1n) is 6.17. The lowest BCUT2D eigenvalue weighted by molar-refractivity contribution is -0.136. The fourth-order valence-corrected chi connectivity index (χ4v) is 1.88. The van der Waals surface area contributed by atoms with Crippen LogP contribution in [0.25, 0.3) is 0 Å². The Hall–Kier alpha value is -2.63. The molecule has 2 N–H and O–H groups in total. The van der Waals surface area contributed by atoms with Gasteiger partial charge in [0.05, 0.1) is 0 Å². The lowest BCUT2D eigenvalue weighted by Crippen LogP contribution is -2.17. The Kier molecular flexibility index (Phi) is 4.14. The van der Waals surface area contributed by atoms with Crippen molar-refractivity contribution in [2.24, 2.45) is 7.05 Å². The summed E-state index contributed by atoms with van der Waals surface area (Å²) in [5.74, 6) is -1.13. The second-order valence-corrected chi connectivity index (χ2v) is 4.35. The first-order chi connectivity index (χ1) is 9.58. The number of carboxylic acid groups (broad SMARTS) is 1. The number of para-hydroxylation sites is 1. The third-order valence-corrected chi connectivity index (χ3v) is 2.93. The summed E-state index contributed by atoms with van der Waals surface area (Å²) < 4.78 is 1.48. The number of carbonyl (C=O) groups is 2. The van der Waals surface area contributed by atoms with E-state index in [2.05, 4.69) is 10.4 Å². The highest BCUT2D eigenvalue weighted by molar-refractivity contribution is 6.03. The van der Waals surface area contributed by atoms with Gasteiger partial charge in [-0.15, -0.1) is 0 Å². The van der Waals surface area contributed by atoms with E-state index < -0.39 is 5.97 Å².